The van der Waals surface area contributed by atoms with Gasteiger partial charge in [0.15, 0.2) is 0 Å². The van der Waals surface area contributed by atoms with Crippen molar-refractivity contribution < 1.29 is 13.2 Å². The van der Waals surface area contributed by atoms with Crippen LogP contribution in [0.1, 0.15) is 25.7 Å². The van der Waals surface area contributed by atoms with E-state index in [9.17, 15) is 13.2 Å². The highest BCUT2D eigenvalue weighted by Crippen LogP contribution is 2.18. The van der Waals surface area contributed by atoms with E-state index in [0.717, 1.165) is 45.4 Å². The standard InChI is InChI=1S/C24H31N5O3S/c30-24(19-28-14-16-29(17-15-28)21-9-3-1-4-10-21)26-20-8-7-11-22(18-20)33(31,32)27-23-12-5-2-6-13-25-23/h1,3-4,7-11,18H,2,5-6,12-17,19H2,(H,25,27)(H,26,30). The molecule has 9 heteroatoms. The van der Waals surface area contributed by atoms with Gasteiger partial charge in [-0.25, -0.2) is 8.42 Å². The average molecular weight is 470 g/mol. The Morgan fingerprint density at radius 2 is 1.73 bits per heavy atom. The van der Waals surface area contributed by atoms with Gasteiger partial charge in [-0.15, -0.1) is 0 Å². The van der Waals surface area contributed by atoms with Gasteiger partial charge in [0.2, 0.25) is 5.91 Å². The summed E-state index contributed by atoms with van der Waals surface area (Å²) in [6.07, 6.45) is 3.59. The first-order valence-electron chi connectivity index (χ1n) is 11.5. The Kier molecular flexibility index (Phi) is 7.61. The van der Waals surface area contributed by atoms with Gasteiger partial charge in [-0.1, -0.05) is 30.7 Å². The molecule has 2 N–H and O–H groups in total. The monoisotopic (exact) mass is 469 g/mol. The van der Waals surface area contributed by atoms with Crippen molar-refractivity contribution in [3.8, 4) is 0 Å². The van der Waals surface area contributed by atoms with Crippen molar-refractivity contribution in [2.24, 2.45) is 4.99 Å². The third-order valence-electron chi connectivity index (χ3n) is 5.92. The molecule has 2 aliphatic heterocycles. The maximum absolute atomic E-state index is 12.8. The van der Waals surface area contributed by atoms with Gasteiger partial charge in [0.05, 0.1) is 11.4 Å². The fourth-order valence-electron chi connectivity index (χ4n) is 4.12. The van der Waals surface area contributed by atoms with E-state index in [4.69, 9.17) is 0 Å². The van der Waals surface area contributed by atoms with Crippen LogP contribution in [0.3, 0.4) is 0 Å². The summed E-state index contributed by atoms with van der Waals surface area (Å²) in [5, 5.41) is 2.84. The zero-order chi connectivity index (χ0) is 23.1. The summed E-state index contributed by atoms with van der Waals surface area (Å²) in [6, 6.07) is 16.6. The van der Waals surface area contributed by atoms with Crippen LogP contribution in [0.4, 0.5) is 11.4 Å². The van der Waals surface area contributed by atoms with Crippen LogP contribution in [0.15, 0.2) is 64.5 Å². The van der Waals surface area contributed by atoms with Crippen LogP contribution in [0.25, 0.3) is 0 Å². The van der Waals surface area contributed by atoms with E-state index in [-0.39, 0.29) is 17.3 Å². The molecule has 4 rings (SSSR count). The van der Waals surface area contributed by atoms with Crippen LogP contribution in [-0.4, -0.2) is 64.3 Å². The van der Waals surface area contributed by atoms with E-state index in [1.54, 1.807) is 12.1 Å². The van der Waals surface area contributed by atoms with Crippen molar-refractivity contribution in [2.45, 2.75) is 30.6 Å². The van der Waals surface area contributed by atoms with E-state index < -0.39 is 10.0 Å². The first kappa shape index (κ1) is 23.3. The topological polar surface area (TPSA) is 94.1 Å². The van der Waals surface area contributed by atoms with Gasteiger partial charge >= 0.3 is 0 Å². The van der Waals surface area contributed by atoms with Gasteiger partial charge in [0, 0.05) is 50.5 Å². The lowest BCUT2D eigenvalue weighted by Gasteiger charge is -2.35. The number of carbonyl (C=O) groups is 1. The van der Waals surface area contributed by atoms with Crippen molar-refractivity contribution in [3.05, 3.63) is 54.6 Å². The predicted molar refractivity (Wildman–Crippen MR) is 131 cm³/mol. The second-order valence-electron chi connectivity index (χ2n) is 8.42. The van der Waals surface area contributed by atoms with Crippen molar-refractivity contribution in [3.63, 3.8) is 0 Å². The summed E-state index contributed by atoms with van der Waals surface area (Å²) < 4.78 is 28.2. The number of hydrogen-bond acceptors (Lipinski definition) is 6. The number of nitrogens with one attached hydrogen (secondary N) is 2. The molecule has 2 aromatic rings. The largest absolute Gasteiger partial charge is 0.369 e. The molecule has 0 unspecified atom stereocenters. The van der Waals surface area contributed by atoms with E-state index >= 15 is 0 Å². The molecule has 1 saturated heterocycles. The lowest BCUT2D eigenvalue weighted by Crippen LogP contribution is -2.48. The average Bonchev–Trinajstić information content (AvgIpc) is 3.08. The minimum Gasteiger partial charge on any atom is -0.369 e. The number of nitrogens with zero attached hydrogens (tertiary/aromatic N) is 3. The Morgan fingerprint density at radius 3 is 2.52 bits per heavy atom. The number of hydrogen-bond donors (Lipinski definition) is 2. The summed E-state index contributed by atoms with van der Waals surface area (Å²) in [5.41, 5.74) is 1.66. The van der Waals surface area contributed by atoms with E-state index in [1.165, 1.54) is 17.8 Å². The molecule has 176 valence electrons. The van der Waals surface area contributed by atoms with Gasteiger partial charge in [-0.2, -0.15) is 0 Å². The zero-order valence-corrected chi connectivity index (χ0v) is 19.6. The van der Waals surface area contributed by atoms with Crippen molar-refractivity contribution in [1.29, 1.82) is 0 Å². The number of carbonyl (C=O) groups excluding carboxylic acids is 1. The summed E-state index contributed by atoms with van der Waals surface area (Å²) in [7, 11) is -3.74. The molecule has 0 radical (unpaired) electrons. The van der Waals surface area contributed by atoms with E-state index in [0.29, 0.717) is 24.5 Å². The van der Waals surface area contributed by atoms with Gasteiger partial charge in [-0.05, 0) is 43.2 Å². The highest BCUT2D eigenvalue weighted by atomic mass is 32.2. The number of sulfonamides is 1. The maximum Gasteiger partial charge on any atom is 0.262 e. The molecule has 0 saturated carbocycles. The summed E-state index contributed by atoms with van der Waals surface area (Å²) in [5.74, 6) is 0.357. The second kappa shape index (κ2) is 10.8. The lowest BCUT2D eigenvalue weighted by atomic mass is 10.2. The number of anilines is 2. The summed E-state index contributed by atoms with van der Waals surface area (Å²) in [6.45, 7) is 4.23. The lowest BCUT2D eigenvalue weighted by molar-refractivity contribution is -0.117. The Bertz CT molecular complexity index is 1080. The Hall–Kier alpha value is -2.91. The number of para-hydroxylation sites is 1. The zero-order valence-electron chi connectivity index (χ0n) is 18.7. The van der Waals surface area contributed by atoms with Gasteiger partial charge < -0.3 is 10.2 Å². The van der Waals surface area contributed by atoms with Crippen molar-refractivity contribution in [1.82, 2.24) is 9.62 Å². The van der Waals surface area contributed by atoms with E-state index in [1.807, 2.05) is 18.2 Å². The number of rotatable bonds is 6. The van der Waals surface area contributed by atoms with Crippen LogP contribution in [0.2, 0.25) is 0 Å². The highest BCUT2D eigenvalue weighted by Gasteiger charge is 2.20. The molecule has 0 bridgehead atoms. The molecule has 2 aliphatic rings. The van der Waals surface area contributed by atoms with Gasteiger partial charge in [-0.3, -0.25) is 19.4 Å². The molecule has 2 heterocycles. The predicted octanol–water partition coefficient (Wildman–Crippen LogP) is 2.70. The number of amides is 1. The summed E-state index contributed by atoms with van der Waals surface area (Å²) in [4.78, 5) is 21.5. The quantitative estimate of drug-likeness (QED) is 0.679. The molecule has 2 aromatic carbocycles. The van der Waals surface area contributed by atoms with Crippen LogP contribution in [0, 0.1) is 0 Å². The number of amidine groups is 1. The third kappa shape index (κ3) is 6.55. The Balaban J connectivity index is 1.31. The van der Waals surface area contributed by atoms with Gasteiger partial charge in [0.1, 0.15) is 5.84 Å². The smallest absolute Gasteiger partial charge is 0.262 e. The number of benzene rings is 2. The Morgan fingerprint density at radius 1 is 0.939 bits per heavy atom. The van der Waals surface area contributed by atoms with Crippen LogP contribution in [0.5, 0.6) is 0 Å². The molecule has 1 fully saturated rings. The molecule has 33 heavy (non-hydrogen) atoms. The number of piperazine rings is 1. The van der Waals surface area contributed by atoms with Gasteiger partial charge in [0.25, 0.3) is 10.0 Å². The SMILES string of the molecule is O=C(CN1CCN(c2ccccc2)CC1)Nc1cccc(S(=O)(=O)NC2=NCCCCC2)c1. The molecule has 0 atom stereocenters. The highest BCUT2D eigenvalue weighted by molar-refractivity contribution is 7.90. The molecule has 0 spiro atoms. The minimum absolute atomic E-state index is 0.115. The van der Waals surface area contributed by atoms with Crippen LogP contribution >= 0.6 is 0 Å². The minimum atomic E-state index is -3.74. The molecule has 0 aliphatic carbocycles. The van der Waals surface area contributed by atoms with E-state index in [2.05, 4.69) is 37.0 Å². The van der Waals surface area contributed by atoms with Crippen LogP contribution < -0.4 is 14.9 Å². The molecule has 8 nitrogen and oxygen atoms in total. The van der Waals surface area contributed by atoms with Crippen molar-refractivity contribution in [2.75, 3.05) is 49.5 Å². The van der Waals surface area contributed by atoms with Crippen LogP contribution in [-0.2, 0) is 14.8 Å². The summed E-state index contributed by atoms with van der Waals surface area (Å²) >= 11 is 0. The fourth-order valence-corrected chi connectivity index (χ4v) is 5.25. The second-order valence-corrected chi connectivity index (χ2v) is 10.1. The molecular formula is C24H31N5O3S. The third-order valence-corrected chi connectivity index (χ3v) is 7.29. The molecular weight excluding hydrogens is 438 g/mol. The molecule has 0 aromatic heterocycles. The first-order chi connectivity index (χ1) is 16.0. The molecule has 1 amide bonds. The fraction of sp³-hybridized carbons (Fsp3) is 0.417. The maximum atomic E-state index is 12.8. The first-order valence-corrected chi connectivity index (χ1v) is 13.0. The number of aliphatic imine (C=N–C) groups is 1. The Labute approximate surface area is 195 Å². The normalized spacial score (nSPS) is 17.7. The van der Waals surface area contributed by atoms with Crippen molar-refractivity contribution >= 4 is 33.1 Å².